The van der Waals surface area contributed by atoms with Crippen LogP contribution in [0.25, 0.3) is 0 Å². The molecule has 4 rings (SSSR count). The van der Waals surface area contributed by atoms with Crippen molar-refractivity contribution in [3.8, 4) is 5.75 Å². The average molecular weight is 1330 g/mol. The standard InChI is InChI=1S/C60H87N9O23S/c70-51(13-17-69-53(72)10-11-54(69)73)62-16-18-80-20-21-81-22-23-82-24-25-83-26-27-84-28-29-85-30-31-86-32-33-87-34-35-88-36-37-89-38-39-90-40-41-92-56(76)12-14-61-15-19-91-48-8-6-47(7-9-48)65-58(78)49(42-55(74)75)66-52(71)44-63-57(77)50-45-93-60(67-50)68-59(79)64-43-46-4-2-1-3-5-46/h1-11,45,49,61H,12-44H2,(H,62,70)(H,63,77)(H,65,78)(H,66,71)(H,74,75)(H2,64,67,68,79)/t49-/m0/s1. The maximum atomic E-state index is 13.0. The van der Waals surface area contributed by atoms with Crippen molar-refractivity contribution in [2.75, 3.05) is 202 Å². The molecule has 0 aliphatic carbocycles. The minimum atomic E-state index is -1.48. The van der Waals surface area contributed by atoms with Crippen molar-refractivity contribution in [3.05, 3.63) is 83.4 Å². The highest BCUT2D eigenvalue weighted by molar-refractivity contribution is 7.14. The van der Waals surface area contributed by atoms with Crippen molar-refractivity contribution >= 4 is 75.6 Å². The Kier molecular flexibility index (Phi) is 42.6. The number of carbonyl (C=O) groups is 9. The molecule has 2 aromatic carbocycles. The Morgan fingerprint density at radius 1 is 0.527 bits per heavy atom. The largest absolute Gasteiger partial charge is 0.492 e. The lowest BCUT2D eigenvalue weighted by atomic mass is 10.1. The van der Waals surface area contributed by atoms with Gasteiger partial charge in [0.05, 0.1) is 165 Å². The SMILES string of the molecule is O=C(O)C[C@H](NC(=O)CNC(=O)c1csc(NC(=O)NCc2ccccc2)n1)C(=O)Nc1ccc(OCCNCCC(=O)OCCOCCOCCOCCOCCOCCOCCOCCOCCOCCOCCOCCNC(=O)CCN2C(=O)C=CC2=O)cc1. The predicted octanol–water partition coefficient (Wildman–Crippen LogP) is 0.308. The van der Waals surface area contributed by atoms with Crippen LogP contribution in [-0.4, -0.2) is 266 Å². The van der Waals surface area contributed by atoms with Gasteiger partial charge in [-0.25, -0.2) is 9.78 Å². The lowest BCUT2D eigenvalue weighted by molar-refractivity contribution is -0.145. The monoisotopic (exact) mass is 1330 g/mol. The van der Waals surface area contributed by atoms with Gasteiger partial charge in [0.2, 0.25) is 17.7 Å². The molecule has 3 aromatic rings. The quantitative estimate of drug-likeness (QED) is 0.0214. The number of nitrogens with one attached hydrogen (secondary N) is 7. The second kappa shape index (κ2) is 50.9. The number of anilines is 2. The minimum absolute atomic E-state index is 0.0341. The van der Waals surface area contributed by atoms with Gasteiger partial charge in [-0.2, -0.15) is 0 Å². The van der Waals surface area contributed by atoms with E-state index in [0.29, 0.717) is 170 Å². The van der Waals surface area contributed by atoms with Crippen molar-refractivity contribution in [3.63, 3.8) is 0 Å². The van der Waals surface area contributed by atoms with E-state index in [0.717, 1.165) is 21.8 Å². The maximum absolute atomic E-state index is 13.0. The van der Waals surface area contributed by atoms with Gasteiger partial charge in [-0.15, -0.1) is 11.3 Å². The van der Waals surface area contributed by atoms with Gasteiger partial charge >= 0.3 is 18.0 Å². The van der Waals surface area contributed by atoms with Crippen LogP contribution in [0.3, 0.4) is 0 Å². The fourth-order valence-corrected chi connectivity index (χ4v) is 8.15. The number of amides is 8. The molecule has 33 heteroatoms. The summed E-state index contributed by atoms with van der Waals surface area (Å²) in [4.78, 5) is 114. The molecule has 0 spiro atoms. The first kappa shape index (κ1) is 77.8. The summed E-state index contributed by atoms with van der Waals surface area (Å²) < 4.78 is 71.1. The normalized spacial score (nSPS) is 12.2. The third kappa shape index (κ3) is 39.5. The number of hydrogen-bond donors (Lipinski definition) is 8. The van der Waals surface area contributed by atoms with Crippen LogP contribution in [0.1, 0.15) is 35.3 Å². The van der Waals surface area contributed by atoms with Gasteiger partial charge in [0, 0.05) is 62.4 Å². The van der Waals surface area contributed by atoms with E-state index in [2.05, 4.69) is 42.2 Å². The number of urea groups is 1. The van der Waals surface area contributed by atoms with Crippen molar-refractivity contribution in [1.29, 1.82) is 0 Å². The Bertz CT molecular complexity index is 2640. The number of carbonyl (C=O) groups excluding carboxylic acids is 8. The van der Waals surface area contributed by atoms with Crippen molar-refractivity contribution in [2.24, 2.45) is 0 Å². The molecule has 1 aliphatic heterocycles. The maximum Gasteiger partial charge on any atom is 0.321 e. The second-order valence-electron chi connectivity index (χ2n) is 19.3. The molecule has 1 aromatic heterocycles. The van der Waals surface area contributed by atoms with Crippen LogP contribution in [0.15, 0.2) is 72.1 Å². The number of thiazole rings is 1. The molecule has 2 heterocycles. The summed E-state index contributed by atoms with van der Waals surface area (Å²) >= 11 is 0.995. The zero-order chi connectivity index (χ0) is 66.6. The molecule has 93 heavy (non-hydrogen) atoms. The van der Waals surface area contributed by atoms with E-state index >= 15 is 0 Å². The fraction of sp³-hybridized carbons (Fsp3) is 0.567. The molecular formula is C60H87N9O23S. The van der Waals surface area contributed by atoms with Gasteiger partial charge in [0.15, 0.2) is 5.13 Å². The lowest BCUT2D eigenvalue weighted by Gasteiger charge is -2.17. The molecule has 0 unspecified atom stereocenters. The number of nitrogens with zero attached hydrogens (tertiary/aromatic N) is 2. The molecular weight excluding hydrogens is 1250 g/mol. The minimum Gasteiger partial charge on any atom is -0.492 e. The van der Waals surface area contributed by atoms with Crippen LogP contribution >= 0.6 is 11.3 Å². The number of aliphatic carboxylic acids is 1. The third-order valence-electron chi connectivity index (χ3n) is 12.1. The first-order valence-corrected chi connectivity index (χ1v) is 31.1. The zero-order valence-electron chi connectivity index (χ0n) is 52.1. The van der Waals surface area contributed by atoms with E-state index in [1.807, 2.05) is 30.3 Å². The summed E-state index contributed by atoms with van der Waals surface area (Å²) in [5, 5.41) is 29.1. The molecule has 516 valence electrons. The number of hydrogen-bond acceptors (Lipinski definition) is 25. The molecule has 1 aliphatic rings. The van der Waals surface area contributed by atoms with E-state index in [-0.39, 0.29) is 68.5 Å². The Morgan fingerprint density at radius 3 is 1.55 bits per heavy atom. The molecule has 32 nitrogen and oxygen atoms in total. The van der Waals surface area contributed by atoms with E-state index in [4.69, 9.17) is 61.6 Å². The van der Waals surface area contributed by atoms with E-state index in [9.17, 15) is 48.3 Å². The number of benzene rings is 2. The molecule has 8 N–H and O–H groups in total. The Balaban J connectivity index is 0.819. The van der Waals surface area contributed by atoms with Crippen LogP contribution < -0.4 is 42.0 Å². The van der Waals surface area contributed by atoms with Gasteiger partial charge in [-0.1, -0.05) is 30.3 Å². The molecule has 0 bridgehead atoms. The number of carboxylic acid groups (broad SMARTS) is 1. The first-order chi connectivity index (χ1) is 45.4. The number of carboxylic acids is 1. The van der Waals surface area contributed by atoms with Gasteiger partial charge in [0.1, 0.15) is 30.7 Å². The van der Waals surface area contributed by atoms with Crippen LogP contribution in [-0.2, 0) is 96.9 Å². The van der Waals surface area contributed by atoms with Crippen LogP contribution in [0, 0.1) is 0 Å². The van der Waals surface area contributed by atoms with E-state index in [1.165, 1.54) is 29.7 Å². The lowest BCUT2D eigenvalue weighted by Crippen LogP contribution is -2.48. The van der Waals surface area contributed by atoms with E-state index in [1.54, 1.807) is 12.1 Å². The Hall–Kier alpha value is -7.64. The van der Waals surface area contributed by atoms with E-state index < -0.39 is 60.5 Å². The Morgan fingerprint density at radius 2 is 1.03 bits per heavy atom. The highest BCUT2D eigenvalue weighted by Crippen LogP contribution is 2.17. The van der Waals surface area contributed by atoms with Crippen molar-refractivity contribution in [1.82, 2.24) is 36.5 Å². The number of aromatic nitrogens is 1. The van der Waals surface area contributed by atoms with Crippen LogP contribution in [0.4, 0.5) is 15.6 Å². The smallest absolute Gasteiger partial charge is 0.321 e. The predicted molar refractivity (Wildman–Crippen MR) is 332 cm³/mol. The number of esters is 1. The van der Waals surface area contributed by atoms with Crippen LogP contribution in [0.5, 0.6) is 5.75 Å². The van der Waals surface area contributed by atoms with Gasteiger partial charge in [0.25, 0.3) is 17.7 Å². The summed E-state index contributed by atoms with van der Waals surface area (Å²) in [5.41, 5.74) is 1.12. The number of ether oxygens (including phenoxy) is 13. The molecule has 0 radical (unpaired) electrons. The van der Waals surface area contributed by atoms with Crippen LogP contribution in [0.2, 0.25) is 0 Å². The summed E-state index contributed by atoms with van der Waals surface area (Å²) in [6.45, 7) is 9.91. The van der Waals surface area contributed by atoms with Gasteiger partial charge in [-0.3, -0.25) is 48.6 Å². The summed E-state index contributed by atoms with van der Waals surface area (Å²) in [6, 6.07) is 13.5. The zero-order valence-corrected chi connectivity index (χ0v) is 52.9. The first-order valence-electron chi connectivity index (χ1n) is 30.3. The van der Waals surface area contributed by atoms with Crippen molar-refractivity contribution in [2.45, 2.75) is 31.8 Å². The average Bonchev–Trinajstić information content (AvgIpc) is 2.64. The second-order valence-corrected chi connectivity index (χ2v) is 20.2. The summed E-state index contributed by atoms with van der Waals surface area (Å²) in [6.07, 6.45) is 1.81. The molecule has 1 atom stereocenters. The van der Waals surface area contributed by atoms with Gasteiger partial charge in [-0.05, 0) is 29.8 Å². The molecule has 0 fully saturated rings. The number of rotatable bonds is 57. The molecule has 8 amide bonds. The highest BCUT2D eigenvalue weighted by Gasteiger charge is 2.26. The Labute approximate surface area is 542 Å². The summed E-state index contributed by atoms with van der Waals surface area (Å²) in [5.74, 6) is -4.72. The third-order valence-corrected chi connectivity index (χ3v) is 12.9. The fourth-order valence-electron chi connectivity index (χ4n) is 7.46. The summed E-state index contributed by atoms with van der Waals surface area (Å²) in [7, 11) is 0. The molecule has 0 saturated heterocycles. The molecule has 0 saturated carbocycles. The number of imide groups is 1. The van der Waals surface area contributed by atoms with Crippen molar-refractivity contribution < 1.29 is 110 Å². The topological polar surface area (TPSA) is 394 Å². The van der Waals surface area contributed by atoms with Gasteiger partial charge < -0.3 is 98.6 Å². The highest BCUT2D eigenvalue weighted by atomic mass is 32.1.